The zero-order valence-electron chi connectivity index (χ0n) is 23.1. The molecule has 0 aliphatic heterocycles. The van der Waals surface area contributed by atoms with Crippen LogP contribution in [0.2, 0.25) is 0 Å². The number of hydrogen-bond acceptors (Lipinski definition) is 3. The third kappa shape index (κ3) is 3.74. The van der Waals surface area contributed by atoms with Crippen LogP contribution < -0.4 is 0 Å². The maximum atomic E-state index is 4.99. The molecule has 4 heterocycles. The molecule has 0 saturated carbocycles. The maximum Gasteiger partial charge on any atom is 0.137 e. The van der Waals surface area contributed by atoms with E-state index in [2.05, 4.69) is 120 Å². The average molecular weight is 549 g/mol. The van der Waals surface area contributed by atoms with E-state index >= 15 is 0 Å². The Hall–Kier alpha value is -5.87. The van der Waals surface area contributed by atoms with Crippen LogP contribution in [0.5, 0.6) is 0 Å². The van der Waals surface area contributed by atoms with Crippen molar-refractivity contribution >= 4 is 54.3 Å². The van der Waals surface area contributed by atoms with E-state index in [1.807, 2.05) is 30.6 Å². The molecule has 0 aliphatic carbocycles. The van der Waals surface area contributed by atoms with E-state index < -0.39 is 0 Å². The number of fused-ring (bicyclic) bond motifs is 7. The molecule has 0 fully saturated rings. The summed E-state index contributed by atoms with van der Waals surface area (Å²) in [4.78, 5) is 14.7. The predicted molar refractivity (Wildman–Crippen MR) is 178 cm³/mol. The van der Waals surface area contributed by atoms with Crippen molar-refractivity contribution in [3.05, 3.63) is 146 Å². The predicted octanol–water partition coefficient (Wildman–Crippen LogP) is 9.76. The third-order valence-corrected chi connectivity index (χ3v) is 8.47. The first-order valence-electron chi connectivity index (χ1n) is 14.4. The largest absolute Gasteiger partial charge is 0.294 e. The van der Waals surface area contributed by atoms with Gasteiger partial charge < -0.3 is 0 Å². The van der Waals surface area contributed by atoms with Crippen LogP contribution in [0.25, 0.3) is 82.6 Å². The summed E-state index contributed by atoms with van der Waals surface area (Å²) >= 11 is 0. The Morgan fingerprint density at radius 3 is 2.07 bits per heavy atom. The molecule has 200 valence electrons. The van der Waals surface area contributed by atoms with E-state index in [9.17, 15) is 0 Å². The Bertz CT molecular complexity index is 2500. The van der Waals surface area contributed by atoms with Crippen LogP contribution in [-0.4, -0.2) is 19.5 Å². The SMILES string of the molecule is c1ccc2nc(-c3ccc(-n4c5ccc(-c6nccc7ccccc67)cc5c5c6ccccc6ccc54)nc3)ccc2c1. The number of nitrogens with zero attached hydrogens (tertiary/aromatic N) is 4. The first kappa shape index (κ1) is 23.8. The van der Waals surface area contributed by atoms with Crippen molar-refractivity contribution in [2.75, 3.05) is 0 Å². The molecule has 0 saturated heterocycles. The van der Waals surface area contributed by atoms with Crippen molar-refractivity contribution < 1.29 is 0 Å². The quantitative estimate of drug-likeness (QED) is 0.221. The summed E-state index contributed by atoms with van der Waals surface area (Å²) in [7, 11) is 0. The van der Waals surface area contributed by atoms with E-state index in [1.54, 1.807) is 0 Å². The number of para-hydroxylation sites is 1. The highest BCUT2D eigenvalue weighted by Crippen LogP contribution is 2.39. The van der Waals surface area contributed by atoms with Gasteiger partial charge in [-0.25, -0.2) is 9.97 Å². The summed E-state index contributed by atoms with van der Waals surface area (Å²) in [5.74, 6) is 0.871. The van der Waals surface area contributed by atoms with Crippen molar-refractivity contribution in [3.63, 3.8) is 0 Å². The second-order valence-electron chi connectivity index (χ2n) is 10.9. The van der Waals surface area contributed by atoms with Crippen LogP contribution in [0.1, 0.15) is 0 Å². The van der Waals surface area contributed by atoms with Gasteiger partial charge in [-0.05, 0) is 64.7 Å². The van der Waals surface area contributed by atoms with Crippen LogP contribution in [0.3, 0.4) is 0 Å². The molecule has 0 N–H and O–H groups in total. The fraction of sp³-hybridized carbons (Fsp3) is 0. The summed E-state index contributed by atoms with van der Waals surface area (Å²) < 4.78 is 2.27. The Balaban J connectivity index is 1.26. The zero-order valence-corrected chi connectivity index (χ0v) is 23.1. The van der Waals surface area contributed by atoms with Gasteiger partial charge >= 0.3 is 0 Å². The van der Waals surface area contributed by atoms with Gasteiger partial charge in [0.1, 0.15) is 5.82 Å². The van der Waals surface area contributed by atoms with Crippen LogP contribution in [0.4, 0.5) is 0 Å². The first-order chi connectivity index (χ1) is 21.3. The number of pyridine rings is 3. The second-order valence-corrected chi connectivity index (χ2v) is 10.9. The number of rotatable bonds is 3. The normalized spacial score (nSPS) is 11.7. The molecule has 43 heavy (non-hydrogen) atoms. The maximum absolute atomic E-state index is 4.99. The molecule has 4 heteroatoms. The van der Waals surface area contributed by atoms with Crippen molar-refractivity contribution in [2.24, 2.45) is 0 Å². The lowest BCUT2D eigenvalue weighted by Gasteiger charge is -2.09. The molecule has 0 radical (unpaired) electrons. The van der Waals surface area contributed by atoms with Crippen molar-refractivity contribution in [3.8, 4) is 28.3 Å². The standard InChI is InChI=1S/C39H24N4/c1-4-10-30-25(7-1)14-19-36-38(30)32-23-28(39-31-11-5-2-8-26(31)21-22-40-39)15-18-35(32)43(36)37-20-16-29(24-41-37)34-17-13-27-9-3-6-12-33(27)42-34/h1-24H. The minimum atomic E-state index is 0.871. The molecular formula is C39H24N4. The van der Waals surface area contributed by atoms with E-state index in [0.717, 1.165) is 55.7 Å². The Morgan fingerprint density at radius 1 is 0.488 bits per heavy atom. The molecule has 0 bridgehead atoms. The van der Waals surface area contributed by atoms with Crippen molar-refractivity contribution in [1.82, 2.24) is 19.5 Å². The smallest absolute Gasteiger partial charge is 0.137 e. The van der Waals surface area contributed by atoms with Crippen LogP contribution in [0.15, 0.2) is 146 Å². The summed E-state index contributed by atoms with van der Waals surface area (Å²) in [5.41, 5.74) is 7.21. The fourth-order valence-corrected chi connectivity index (χ4v) is 6.43. The van der Waals surface area contributed by atoms with E-state index in [0.29, 0.717) is 0 Å². The van der Waals surface area contributed by atoms with Crippen LogP contribution in [0, 0.1) is 0 Å². The number of aromatic nitrogens is 4. The molecule has 9 aromatic rings. The molecule has 0 aliphatic rings. The van der Waals surface area contributed by atoms with Gasteiger partial charge in [-0.3, -0.25) is 9.55 Å². The lowest BCUT2D eigenvalue weighted by molar-refractivity contribution is 1.08. The Morgan fingerprint density at radius 2 is 1.21 bits per heavy atom. The van der Waals surface area contributed by atoms with Crippen molar-refractivity contribution in [1.29, 1.82) is 0 Å². The number of benzene rings is 5. The molecular weight excluding hydrogens is 524 g/mol. The van der Waals surface area contributed by atoms with Gasteiger partial charge in [0, 0.05) is 45.1 Å². The lowest BCUT2D eigenvalue weighted by atomic mass is 10.00. The van der Waals surface area contributed by atoms with Gasteiger partial charge in [-0.1, -0.05) is 84.9 Å². The summed E-state index contributed by atoms with van der Waals surface area (Å²) in [5, 5.41) is 8.31. The Labute approximate surface area is 247 Å². The highest BCUT2D eigenvalue weighted by molar-refractivity contribution is 6.22. The van der Waals surface area contributed by atoms with Gasteiger partial charge in [0.05, 0.1) is 27.9 Å². The monoisotopic (exact) mass is 548 g/mol. The molecule has 4 aromatic heterocycles. The van der Waals surface area contributed by atoms with Gasteiger partial charge in [0.2, 0.25) is 0 Å². The third-order valence-electron chi connectivity index (χ3n) is 8.47. The van der Waals surface area contributed by atoms with Gasteiger partial charge in [-0.2, -0.15) is 0 Å². The van der Waals surface area contributed by atoms with E-state index in [1.165, 1.54) is 26.9 Å². The van der Waals surface area contributed by atoms with Gasteiger partial charge in [-0.15, -0.1) is 0 Å². The minimum absolute atomic E-state index is 0.871. The second kappa shape index (κ2) is 9.33. The van der Waals surface area contributed by atoms with E-state index in [-0.39, 0.29) is 0 Å². The van der Waals surface area contributed by atoms with Crippen LogP contribution >= 0.6 is 0 Å². The molecule has 4 nitrogen and oxygen atoms in total. The van der Waals surface area contributed by atoms with Crippen molar-refractivity contribution in [2.45, 2.75) is 0 Å². The molecule has 0 amide bonds. The number of hydrogen-bond donors (Lipinski definition) is 0. The Kier molecular flexibility index (Phi) is 5.16. The fourth-order valence-electron chi connectivity index (χ4n) is 6.43. The summed E-state index contributed by atoms with van der Waals surface area (Å²) in [6, 6.07) is 46.8. The zero-order chi connectivity index (χ0) is 28.3. The summed E-state index contributed by atoms with van der Waals surface area (Å²) in [6.45, 7) is 0. The molecule has 0 atom stereocenters. The summed E-state index contributed by atoms with van der Waals surface area (Å²) in [6.07, 6.45) is 3.83. The van der Waals surface area contributed by atoms with E-state index in [4.69, 9.17) is 15.0 Å². The molecule has 0 unspecified atom stereocenters. The average Bonchev–Trinajstić information content (AvgIpc) is 3.42. The highest BCUT2D eigenvalue weighted by Gasteiger charge is 2.17. The molecule has 0 spiro atoms. The van der Waals surface area contributed by atoms with Gasteiger partial charge in [0.15, 0.2) is 0 Å². The lowest BCUT2D eigenvalue weighted by Crippen LogP contribution is -1.97. The van der Waals surface area contributed by atoms with Crippen LogP contribution in [-0.2, 0) is 0 Å². The topological polar surface area (TPSA) is 43.6 Å². The van der Waals surface area contributed by atoms with Gasteiger partial charge in [0.25, 0.3) is 0 Å². The molecule has 9 rings (SSSR count). The molecule has 5 aromatic carbocycles. The highest BCUT2D eigenvalue weighted by atomic mass is 15.1. The first-order valence-corrected chi connectivity index (χ1v) is 14.4. The minimum Gasteiger partial charge on any atom is -0.294 e.